The molecule has 0 atom stereocenters. The molecule has 0 amide bonds. The van der Waals surface area contributed by atoms with E-state index < -0.39 is 7.26 Å². The van der Waals surface area contributed by atoms with Gasteiger partial charge in [0.25, 0.3) is 0 Å². The van der Waals surface area contributed by atoms with Gasteiger partial charge in [-0.3, -0.25) is 0 Å². The number of hydrogen-bond donors (Lipinski definition) is 1. The Morgan fingerprint density at radius 2 is 1.19 bits per heavy atom. The highest BCUT2D eigenvalue weighted by Crippen LogP contribution is 2.73. The minimum Gasteiger partial charge on any atom is -0.496 e. The molecule has 2 aliphatic carbocycles. The monoisotopic (exact) mass is 656 g/mol. The van der Waals surface area contributed by atoms with Crippen molar-refractivity contribution in [2.45, 2.75) is 141 Å². The van der Waals surface area contributed by atoms with Crippen molar-refractivity contribution in [3.05, 3.63) is 70.8 Å². The third-order valence-corrected chi connectivity index (χ3v) is 17.0. The quantitative estimate of drug-likeness (QED) is 0.197. The van der Waals surface area contributed by atoms with Crippen LogP contribution in [-0.2, 0) is 6.42 Å². The molecule has 3 nitrogen and oxygen atoms in total. The van der Waals surface area contributed by atoms with Crippen molar-refractivity contribution >= 4 is 17.9 Å². The van der Waals surface area contributed by atoms with Gasteiger partial charge in [0, 0.05) is 0 Å². The average Bonchev–Trinajstić information content (AvgIpc) is 3.09. The van der Waals surface area contributed by atoms with Gasteiger partial charge in [0.2, 0.25) is 0 Å². The van der Waals surface area contributed by atoms with Crippen molar-refractivity contribution in [3.63, 3.8) is 0 Å². The van der Waals surface area contributed by atoms with Crippen LogP contribution in [0, 0.1) is 0 Å². The van der Waals surface area contributed by atoms with E-state index in [0.717, 1.165) is 17.9 Å². The maximum atomic E-state index is 6.61. The van der Waals surface area contributed by atoms with Crippen molar-refractivity contribution < 1.29 is 9.47 Å². The smallest absolute Gasteiger partial charge is 0.162 e. The maximum absolute atomic E-state index is 6.61. The largest absolute Gasteiger partial charge is 0.496 e. The molecule has 2 saturated carbocycles. The van der Waals surface area contributed by atoms with Crippen molar-refractivity contribution in [2.75, 3.05) is 20.8 Å². The molecule has 4 heteroatoms. The first kappa shape index (κ1) is 35.9. The van der Waals surface area contributed by atoms with Gasteiger partial charge in [0.05, 0.1) is 38.4 Å². The van der Waals surface area contributed by atoms with Gasteiger partial charge in [0.1, 0.15) is 11.1 Å². The van der Waals surface area contributed by atoms with Crippen LogP contribution in [0.5, 0.6) is 11.5 Å². The molecule has 0 bridgehead atoms. The van der Waals surface area contributed by atoms with Crippen molar-refractivity contribution in [3.8, 4) is 22.6 Å². The van der Waals surface area contributed by atoms with E-state index >= 15 is 0 Å². The van der Waals surface area contributed by atoms with Gasteiger partial charge in [-0.15, -0.1) is 0 Å². The third kappa shape index (κ3) is 7.05. The van der Waals surface area contributed by atoms with Gasteiger partial charge in [0.15, 0.2) is 11.1 Å². The fourth-order valence-corrected chi connectivity index (χ4v) is 15.7. The van der Waals surface area contributed by atoms with Crippen molar-refractivity contribution in [1.82, 2.24) is 0 Å². The van der Waals surface area contributed by atoms with Crippen LogP contribution in [0.1, 0.15) is 146 Å². The zero-order chi connectivity index (χ0) is 33.7. The Balaban J connectivity index is 2.02. The number of benzene rings is 3. The summed E-state index contributed by atoms with van der Waals surface area (Å²) in [5.74, 6) is 3.26. The van der Waals surface area contributed by atoms with Crippen LogP contribution in [0.2, 0.25) is 0 Å². The second-order valence-electron chi connectivity index (χ2n) is 15.3. The lowest BCUT2D eigenvalue weighted by molar-refractivity contribution is 0.406. The van der Waals surface area contributed by atoms with Crippen LogP contribution < -0.4 is 25.8 Å². The zero-order valence-corrected chi connectivity index (χ0v) is 31.7. The van der Waals surface area contributed by atoms with Crippen molar-refractivity contribution in [1.29, 1.82) is 0 Å². The number of methoxy groups -OCH3 is 2. The van der Waals surface area contributed by atoms with Gasteiger partial charge < -0.3 is 15.2 Å². The molecule has 3 aromatic carbocycles. The van der Waals surface area contributed by atoms with E-state index in [1.54, 1.807) is 5.30 Å². The SMILES string of the molecule is COc1ccc(OC)c([P+](c2cccc(CCN)c2)(C2CCCCC2)C2CCCCC2)c1-c1c(C(C)C)cc(C(C)C)cc1C(C)C. The molecule has 2 aliphatic rings. The summed E-state index contributed by atoms with van der Waals surface area (Å²) >= 11 is 0. The first-order chi connectivity index (χ1) is 22.7. The molecule has 0 aromatic heterocycles. The number of rotatable bonds is 12. The summed E-state index contributed by atoms with van der Waals surface area (Å²) in [6.45, 7) is 14.8. The van der Waals surface area contributed by atoms with E-state index in [2.05, 4.69) is 90.1 Å². The van der Waals surface area contributed by atoms with Gasteiger partial charge in [-0.1, -0.05) is 78.6 Å². The zero-order valence-electron chi connectivity index (χ0n) is 30.8. The van der Waals surface area contributed by atoms with Crippen LogP contribution >= 0.6 is 7.26 Å². The fraction of sp³-hybridized carbons (Fsp3) is 0.581. The molecule has 47 heavy (non-hydrogen) atoms. The molecule has 2 N–H and O–H groups in total. The summed E-state index contributed by atoms with van der Waals surface area (Å²) in [6, 6.07) is 19.2. The summed E-state index contributed by atoms with van der Waals surface area (Å²) in [6.07, 6.45) is 14.1. The van der Waals surface area contributed by atoms with Gasteiger partial charge in [-0.25, -0.2) is 0 Å². The fourth-order valence-electron chi connectivity index (χ4n) is 9.04. The Morgan fingerprint density at radius 3 is 1.66 bits per heavy atom. The predicted molar refractivity (Wildman–Crippen MR) is 206 cm³/mol. The molecule has 0 aliphatic heterocycles. The van der Waals surface area contributed by atoms with Crippen LogP contribution in [0.25, 0.3) is 11.1 Å². The normalized spacial score (nSPS) is 16.8. The van der Waals surface area contributed by atoms with Crippen LogP contribution in [0.3, 0.4) is 0 Å². The van der Waals surface area contributed by atoms with Gasteiger partial charge >= 0.3 is 0 Å². The molecule has 3 aromatic rings. The molecule has 256 valence electrons. The summed E-state index contributed by atoms with van der Waals surface area (Å²) in [5.41, 5.74) is 15.9. The third-order valence-electron chi connectivity index (χ3n) is 11.4. The highest BCUT2D eigenvalue weighted by Gasteiger charge is 2.59. The second kappa shape index (κ2) is 15.9. The Morgan fingerprint density at radius 1 is 0.660 bits per heavy atom. The summed E-state index contributed by atoms with van der Waals surface area (Å²) in [7, 11) is 1.71. The average molecular weight is 657 g/mol. The molecule has 0 heterocycles. The first-order valence-corrected chi connectivity index (χ1v) is 20.7. The molecule has 0 unspecified atom stereocenters. The number of nitrogens with two attached hydrogens (primary N) is 1. The second-order valence-corrected chi connectivity index (χ2v) is 19.3. The minimum atomic E-state index is -2.08. The number of ether oxygens (including phenoxy) is 2. The summed E-state index contributed by atoms with van der Waals surface area (Å²) < 4.78 is 13.1. The Hall–Kier alpha value is -2.35. The topological polar surface area (TPSA) is 44.5 Å². The number of hydrogen-bond acceptors (Lipinski definition) is 3. The molecule has 0 saturated heterocycles. The molecule has 0 spiro atoms. The lowest BCUT2D eigenvalue weighted by atomic mass is 9.81. The van der Waals surface area contributed by atoms with E-state index in [0.29, 0.717) is 35.6 Å². The summed E-state index contributed by atoms with van der Waals surface area (Å²) in [4.78, 5) is 0. The van der Waals surface area contributed by atoms with E-state index in [9.17, 15) is 0 Å². The lowest BCUT2D eigenvalue weighted by Crippen LogP contribution is -2.42. The highest BCUT2D eigenvalue weighted by atomic mass is 31.2. The van der Waals surface area contributed by atoms with Gasteiger partial charge in [-0.05, 0) is 134 Å². The Kier molecular flexibility index (Phi) is 12.2. The molecule has 2 fully saturated rings. The van der Waals surface area contributed by atoms with Crippen molar-refractivity contribution in [2.24, 2.45) is 5.73 Å². The Bertz CT molecular complexity index is 1430. The maximum Gasteiger partial charge on any atom is 0.162 e. The first-order valence-electron chi connectivity index (χ1n) is 18.8. The lowest BCUT2D eigenvalue weighted by Gasteiger charge is -2.45. The van der Waals surface area contributed by atoms with E-state index in [4.69, 9.17) is 15.2 Å². The van der Waals surface area contributed by atoms with E-state index in [-0.39, 0.29) is 0 Å². The van der Waals surface area contributed by atoms with Crippen LogP contribution in [0.4, 0.5) is 0 Å². The Labute approximate surface area is 287 Å². The van der Waals surface area contributed by atoms with Crippen LogP contribution in [0.15, 0.2) is 48.5 Å². The predicted octanol–water partition coefficient (Wildman–Crippen LogP) is 10.9. The summed E-state index contributed by atoms with van der Waals surface area (Å²) in [5, 5.41) is 3.06. The van der Waals surface area contributed by atoms with Crippen LogP contribution in [-0.4, -0.2) is 32.1 Å². The highest BCUT2D eigenvalue weighted by molar-refractivity contribution is 7.91. The molecule has 5 rings (SSSR count). The molecule has 0 radical (unpaired) electrons. The molecular formula is C43H63NO2P+. The molecular weight excluding hydrogens is 593 g/mol. The van der Waals surface area contributed by atoms with E-state index in [1.165, 1.54) is 103 Å². The van der Waals surface area contributed by atoms with Gasteiger partial charge in [-0.2, -0.15) is 0 Å². The minimum absolute atomic E-state index is 0.370. The standard InChI is InChI=1S/C43H63NO2P/c1-29(2)33-27-37(30(3)4)41(38(28-33)31(5)6)42-39(45-7)22-23-40(46-8)43(42)47(34-17-11-9-12-18-34,35-19-13-10-14-20-35)36-21-15-16-32(26-36)24-25-44/h15-16,21-23,26-31,34-35H,9-14,17-20,24-25,44H2,1-8H3/q+1. The van der Waals surface area contributed by atoms with E-state index in [1.807, 2.05) is 14.2 Å².